The lowest BCUT2D eigenvalue weighted by atomic mass is 10.2. The number of rotatable bonds is 10. The van der Waals surface area contributed by atoms with Crippen LogP contribution in [-0.4, -0.2) is 38.7 Å². The third-order valence-corrected chi connectivity index (χ3v) is 4.93. The van der Waals surface area contributed by atoms with Crippen molar-refractivity contribution in [2.45, 2.75) is 20.1 Å². The van der Waals surface area contributed by atoms with Crippen molar-refractivity contribution in [1.29, 1.82) is 0 Å². The molecule has 148 valence electrons. The van der Waals surface area contributed by atoms with E-state index in [1.807, 2.05) is 33.2 Å². The van der Waals surface area contributed by atoms with Gasteiger partial charge in [-0.1, -0.05) is 40.9 Å². The highest BCUT2D eigenvalue weighted by Crippen LogP contribution is 2.34. The Morgan fingerprint density at radius 3 is 2.33 bits per heavy atom. The number of ether oxygens (including phenoxy) is 2. The van der Waals surface area contributed by atoms with Crippen molar-refractivity contribution < 1.29 is 9.47 Å². The predicted molar refractivity (Wildman–Crippen MR) is 114 cm³/mol. The van der Waals surface area contributed by atoms with Crippen molar-refractivity contribution in [3.8, 4) is 11.5 Å². The molecule has 0 aliphatic heterocycles. The molecule has 7 heteroatoms. The van der Waals surface area contributed by atoms with Crippen LogP contribution in [0.5, 0.6) is 11.5 Å². The van der Waals surface area contributed by atoms with Crippen LogP contribution in [0.3, 0.4) is 0 Å². The van der Waals surface area contributed by atoms with E-state index in [0.717, 1.165) is 24.2 Å². The number of hydrogen-bond acceptors (Lipinski definition) is 4. The topological polar surface area (TPSA) is 33.7 Å². The second-order valence-corrected chi connectivity index (χ2v) is 7.56. The molecule has 0 aliphatic carbocycles. The SMILES string of the molecule is CCOc1cc(CNCCN(C)C)c(Cl)cc1OCc1ccc(Cl)c(Cl)c1. The van der Waals surface area contributed by atoms with E-state index in [4.69, 9.17) is 44.3 Å². The van der Waals surface area contributed by atoms with Crippen LogP contribution in [0, 0.1) is 0 Å². The van der Waals surface area contributed by atoms with E-state index in [0.29, 0.717) is 46.3 Å². The molecule has 0 fully saturated rings. The molecule has 0 saturated carbocycles. The predicted octanol–water partition coefficient (Wildman–Crippen LogP) is 5.28. The Morgan fingerprint density at radius 2 is 1.67 bits per heavy atom. The standard InChI is InChI=1S/C20H25Cl3N2O2/c1-4-26-19-10-15(12-24-7-8-25(2)3)17(22)11-20(19)27-13-14-5-6-16(21)18(23)9-14/h5-6,9-11,24H,4,7-8,12-13H2,1-3H3. The Bertz CT molecular complexity index is 754. The van der Waals surface area contributed by atoms with E-state index in [2.05, 4.69) is 10.2 Å². The summed E-state index contributed by atoms with van der Waals surface area (Å²) in [7, 11) is 4.09. The molecule has 0 saturated heterocycles. The summed E-state index contributed by atoms with van der Waals surface area (Å²) in [5.74, 6) is 1.27. The maximum Gasteiger partial charge on any atom is 0.163 e. The third-order valence-electron chi connectivity index (χ3n) is 3.84. The van der Waals surface area contributed by atoms with Crippen molar-refractivity contribution in [1.82, 2.24) is 10.2 Å². The summed E-state index contributed by atoms with van der Waals surface area (Å²) in [5.41, 5.74) is 1.89. The lowest BCUT2D eigenvalue weighted by Crippen LogP contribution is -2.26. The Hall–Kier alpha value is -1.17. The number of nitrogens with one attached hydrogen (secondary N) is 1. The first kappa shape index (κ1) is 22.1. The van der Waals surface area contributed by atoms with Crippen LogP contribution in [-0.2, 0) is 13.2 Å². The molecule has 2 aromatic carbocycles. The fraction of sp³-hybridized carbons (Fsp3) is 0.400. The van der Waals surface area contributed by atoms with Gasteiger partial charge in [0.05, 0.1) is 16.7 Å². The number of likely N-dealkylation sites (N-methyl/N-ethyl adjacent to an activating group) is 1. The van der Waals surface area contributed by atoms with Crippen molar-refractivity contribution in [3.63, 3.8) is 0 Å². The number of benzene rings is 2. The number of hydrogen-bond donors (Lipinski definition) is 1. The van der Waals surface area contributed by atoms with Crippen molar-refractivity contribution in [2.24, 2.45) is 0 Å². The zero-order valence-electron chi connectivity index (χ0n) is 15.8. The van der Waals surface area contributed by atoms with E-state index in [1.54, 1.807) is 18.2 Å². The molecule has 0 unspecified atom stereocenters. The summed E-state index contributed by atoms with van der Waals surface area (Å²) in [6.45, 7) is 5.32. The second-order valence-electron chi connectivity index (χ2n) is 6.34. The van der Waals surface area contributed by atoms with E-state index in [9.17, 15) is 0 Å². The molecule has 2 rings (SSSR count). The summed E-state index contributed by atoms with van der Waals surface area (Å²) in [6, 6.07) is 9.14. The number of nitrogens with zero attached hydrogens (tertiary/aromatic N) is 1. The quantitative estimate of drug-likeness (QED) is 0.519. The van der Waals surface area contributed by atoms with Gasteiger partial charge in [0.15, 0.2) is 11.5 Å². The minimum Gasteiger partial charge on any atom is -0.490 e. The molecule has 0 spiro atoms. The summed E-state index contributed by atoms with van der Waals surface area (Å²) in [4.78, 5) is 2.13. The Balaban J connectivity index is 2.08. The fourth-order valence-electron chi connectivity index (χ4n) is 2.41. The van der Waals surface area contributed by atoms with Gasteiger partial charge in [-0.25, -0.2) is 0 Å². The first-order chi connectivity index (χ1) is 12.9. The van der Waals surface area contributed by atoms with E-state index < -0.39 is 0 Å². The van der Waals surface area contributed by atoms with E-state index in [1.165, 1.54) is 0 Å². The molecule has 0 amide bonds. The van der Waals surface area contributed by atoms with Gasteiger partial charge in [0.2, 0.25) is 0 Å². The first-order valence-electron chi connectivity index (χ1n) is 8.78. The zero-order chi connectivity index (χ0) is 19.8. The van der Waals surface area contributed by atoms with Gasteiger partial charge in [0.25, 0.3) is 0 Å². The van der Waals surface area contributed by atoms with Crippen molar-refractivity contribution >= 4 is 34.8 Å². The van der Waals surface area contributed by atoms with E-state index in [-0.39, 0.29) is 0 Å². The fourth-order valence-corrected chi connectivity index (χ4v) is 2.95. The van der Waals surface area contributed by atoms with Crippen LogP contribution in [0.1, 0.15) is 18.1 Å². The minimum atomic E-state index is 0.341. The lowest BCUT2D eigenvalue weighted by molar-refractivity contribution is 0.269. The highest BCUT2D eigenvalue weighted by atomic mass is 35.5. The molecule has 0 heterocycles. The molecular formula is C20H25Cl3N2O2. The maximum absolute atomic E-state index is 6.45. The van der Waals surface area contributed by atoms with E-state index >= 15 is 0 Å². The molecule has 0 bridgehead atoms. The summed E-state index contributed by atoms with van der Waals surface area (Å²) in [6.07, 6.45) is 0. The molecule has 0 aromatic heterocycles. The maximum atomic E-state index is 6.45. The van der Waals surface area contributed by atoms with Crippen LogP contribution in [0.15, 0.2) is 30.3 Å². The van der Waals surface area contributed by atoms with Gasteiger partial charge in [-0.05, 0) is 50.3 Å². The van der Waals surface area contributed by atoms with Gasteiger partial charge in [0.1, 0.15) is 6.61 Å². The second kappa shape index (κ2) is 11.0. The van der Waals surface area contributed by atoms with Gasteiger partial charge in [-0.3, -0.25) is 0 Å². The average molecular weight is 432 g/mol. The number of halogens is 3. The monoisotopic (exact) mass is 430 g/mol. The molecule has 2 aromatic rings. The average Bonchev–Trinajstić information content (AvgIpc) is 2.62. The first-order valence-corrected chi connectivity index (χ1v) is 9.91. The van der Waals surface area contributed by atoms with Crippen LogP contribution >= 0.6 is 34.8 Å². The van der Waals surface area contributed by atoms with Crippen LogP contribution in [0.25, 0.3) is 0 Å². The van der Waals surface area contributed by atoms with Crippen LogP contribution in [0.2, 0.25) is 15.1 Å². The Morgan fingerprint density at radius 1 is 0.926 bits per heavy atom. The van der Waals surface area contributed by atoms with Gasteiger partial charge in [0, 0.05) is 30.7 Å². The molecule has 0 radical (unpaired) electrons. The van der Waals surface area contributed by atoms with Crippen LogP contribution in [0.4, 0.5) is 0 Å². The molecule has 0 aliphatic rings. The van der Waals surface area contributed by atoms with Crippen molar-refractivity contribution in [2.75, 3.05) is 33.8 Å². The molecule has 27 heavy (non-hydrogen) atoms. The van der Waals surface area contributed by atoms with Gasteiger partial charge in [-0.2, -0.15) is 0 Å². The highest BCUT2D eigenvalue weighted by molar-refractivity contribution is 6.42. The summed E-state index contributed by atoms with van der Waals surface area (Å²) >= 11 is 18.5. The zero-order valence-corrected chi connectivity index (χ0v) is 18.1. The highest BCUT2D eigenvalue weighted by Gasteiger charge is 2.12. The molecule has 1 N–H and O–H groups in total. The van der Waals surface area contributed by atoms with Crippen molar-refractivity contribution in [3.05, 3.63) is 56.5 Å². The molecular weight excluding hydrogens is 407 g/mol. The minimum absolute atomic E-state index is 0.341. The Kier molecular flexibility index (Phi) is 9.00. The largest absolute Gasteiger partial charge is 0.490 e. The smallest absolute Gasteiger partial charge is 0.163 e. The van der Waals surface area contributed by atoms with Crippen LogP contribution < -0.4 is 14.8 Å². The summed E-state index contributed by atoms with van der Waals surface area (Å²) in [5, 5.41) is 5.04. The third kappa shape index (κ3) is 7.05. The molecule has 4 nitrogen and oxygen atoms in total. The normalized spacial score (nSPS) is 11.1. The van der Waals surface area contributed by atoms with Gasteiger partial charge >= 0.3 is 0 Å². The van der Waals surface area contributed by atoms with Gasteiger partial charge < -0.3 is 19.7 Å². The molecule has 0 atom stereocenters. The van der Waals surface area contributed by atoms with Gasteiger partial charge in [-0.15, -0.1) is 0 Å². The Labute approximate surface area is 176 Å². The summed E-state index contributed by atoms with van der Waals surface area (Å²) < 4.78 is 11.7. The lowest BCUT2D eigenvalue weighted by Gasteiger charge is -2.16.